The van der Waals surface area contributed by atoms with Crippen LogP contribution in [0.4, 0.5) is 5.13 Å². The first-order chi connectivity index (χ1) is 12.6. The summed E-state index contributed by atoms with van der Waals surface area (Å²) < 4.78 is 0. The summed E-state index contributed by atoms with van der Waals surface area (Å²) in [4.78, 5) is 17.9. The number of benzene rings is 1. The van der Waals surface area contributed by atoms with E-state index in [1.165, 1.54) is 12.8 Å². The maximum absolute atomic E-state index is 11.1. The molecule has 26 heavy (non-hydrogen) atoms. The summed E-state index contributed by atoms with van der Waals surface area (Å²) in [6.07, 6.45) is 4.44. The zero-order valence-corrected chi connectivity index (χ0v) is 16.0. The van der Waals surface area contributed by atoms with Gasteiger partial charge in [0, 0.05) is 34.6 Å². The van der Waals surface area contributed by atoms with Crippen LogP contribution in [0, 0.1) is 5.92 Å². The predicted molar refractivity (Wildman–Crippen MR) is 105 cm³/mol. The standard InChI is InChI=1S/C19H22ClN3O2S/c20-16-4-2-1-3-15(16)17-11-26-19(22-17)21-13-7-14(8-13)23(10-18(24)25)9-12-5-6-12/h1-4,11-14H,5-10H2,(H,21,22)(H,24,25). The van der Waals surface area contributed by atoms with Crippen LogP contribution in [0.15, 0.2) is 29.6 Å². The van der Waals surface area contributed by atoms with Gasteiger partial charge in [0.15, 0.2) is 5.13 Å². The first kappa shape index (κ1) is 17.8. The van der Waals surface area contributed by atoms with Gasteiger partial charge in [-0.1, -0.05) is 29.8 Å². The predicted octanol–water partition coefficient (Wildman–Crippen LogP) is 4.20. The fourth-order valence-corrected chi connectivity index (χ4v) is 4.48. The highest BCUT2D eigenvalue weighted by molar-refractivity contribution is 7.14. The molecule has 0 radical (unpaired) electrons. The molecule has 2 aliphatic carbocycles. The van der Waals surface area contributed by atoms with Crippen molar-refractivity contribution in [3.05, 3.63) is 34.7 Å². The fraction of sp³-hybridized carbons (Fsp3) is 0.474. The summed E-state index contributed by atoms with van der Waals surface area (Å²) in [5.41, 5.74) is 1.84. The Morgan fingerprint density at radius 3 is 2.81 bits per heavy atom. The molecule has 5 nitrogen and oxygen atoms in total. The van der Waals surface area contributed by atoms with Crippen molar-refractivity contribution in [1.29, 1.82) is 0 Å². The largest absolute Gasteiger partial charge is 0.480 e. The number of carboxylic acid groups (broad SMARTS) is 1. The third-order valence-electron chi connectivity index (χ3n) is 5.14. The second-order valence-corrected chi connectivity index (χ2v) is 8.52. The molecule has 0 spiro atoms. The Kier molecular flexibility index (Phi) is 5.16. The van der Waals surface area contributed by atoms with Gasteiger partial charge in [-0.05, 0) is 37.7 Å². The molecular formula is C19H22ClN3O2S. The van der Waals surface area contributed by atoms with Crippen molar-refractivity contribution in [3.63, 3.8) is 0 Å². The van der Waals surface area contributed by atoms with Crippen molar-refractivity contribution >= 4 is 34.0 Å². The van der Waals surface area contributed by atoms with E-state index in [4.69, 9.17) is 16.7 Å². The lowest BCUT2D eigenvalue weighted by atomic mass is 9.85. The molecule has 1 aromatic heterocycles. The van der Waals surface area contributed by atoms with Crippen LogP contribution < -0.4 is 5.32 Å². The Bertz CT molecular complexity index is 787. The van der Waals surface area contributed by atoms with E-state index >= 15 is 0 Å². The molecular weight excluding hydrogens is 370 g/mol. The van der Waals surface area contributed by atoms with Crippen LogP contribution in [0.5, 0.6) is 0 Å². The number of aromatic nitrogens is 1. The Balaban J connectivity index is 1.32. The molecule has 0 atom stereocenters. The number of nitrogens with one attached hydrogen (secondary N) is 1. The summed E-state index contributed by atoms with van der Waals surface area (Å²) in [6, 6.07) is 8.45. The number of carboxylic acids is 1. The van der Waals surface area contributed by atoms with E-state index in [0.717, 1.165) is 35.8 Å². The van der Waals surface area contributed by atoms with Crippen LogP contribution in [-0.4, -0.2) is 46.1 Å². The minimum atomic E-state index is -0.730. The lowest BCUT2D eigenvalue weighted by Gasteiger charge is -2.42. The van der Waals surface area contributed by atoms with Gasteiger partial charge in [0.25, 0.3) is 0 Å². The fourth-order valence-electron chi connectivity index (χ4n) is 3.46. The van der Waals surface area contributed by atoms with Gasteiger partial charge in [-0.25, -0.2) is 4.98 Å². The Morgan fingerprint density at radius 2 is 2.12 bits per heavy atom. The van der Waals surface area contributed by atoms with Gasteiger partial charge in [0.1, 0.15) is 0 Å². The Morgan fingerprint density at radius 1 is 1.35 bits per heavy atom. The lowest BCUT2D eigenvalue weighted by Crippen LogP contribution is -2.52. The summed E-state index contributed by atoms with van der Waals surface area (Å²) in [5.74, 6) is -0.0233. The molecule has 7 heteroatoms. The molecule has 0 saturated heterocycles. The maximum atomic E-state index is 11.1. The maximum Gasteiger partial charge on any atom is 0.317 e. The van der Waals surface area contributed by atoms with Crippen LogP contribution in [0.3, 0.4) is 0 Å². The molecule has 1 heterocycles. The van der Waals surface area contributed by atoms with E-state index in [1.807, 2.05) is 29.6 Å². The molecule has 0 aliphatic heterocycles. The number of rotatable bonds is 8. The topological polar surface area (TPSA) is 65.5 Å². The molecule has 138 valence electrons. The third-order valence-corrected chi connectivity index (χ3v) is 6.24. The molecule has 0 amide bonds. The molecule has 2 aliphatic rings. The number of aliphatic carboxylic acids is 1. The van der Waals surface area contributed by atoms with Crippen molar-refractivity contribution in [2.45, 2.75) is 37.8 Å². The van der Waals surface area contributed by atoms with Gasteiger partial charge in [-0.3, -0.25) is 9.69 Å². The van der Waals surface area contributed by atoms with Crippen molar-refractivity contribution in [2.75, 3.05) is 18.4 Å². The van der Waals surface area contributed by atoms with Crippen LogP contribution in [0.25, 0.3) is 11.3 Å². The zero-order chi connectivity index (χ0) is 18.1. The van der Waals surface area contributed by atoms with E-state index in [1.54, 1.807) is 11.3 Å². The van der Waals surface area contributed by atoms with Crippen molar-refractivity contribution in [3.8, 4) is 11.3 Å². The minimum Gasteiger partial charge on any atom is -0.480 e. The Hall–Kier alpha value is -1.63. The molecule has 4 rings (SSSR count). The highest BCUT2D eigenvalue weighted by Crippen LogP contribution is 2.36. The van der Waals surface area contributed by atoms with E-state index in [-0.39, 0.29) is 6.54 Å². The average Bonchev–Trinajstić information content (AvgIpc) is 3.25. The highest BCUT2D eigenvalue weighted by Gasteiger charge is 2.37. The minimum absolute atomic E-state index is 0.155. The quantitative estimate of drug-likeness (QED) is 0.705. The van der Waals surface area contributed by atoms with Crippen LogP contribution in [0.1, 0.15) is 25.7 Å². The summed E-state index contributed by atoms with van der Waals surface area (Å²) >= 11 is 7.83. The molecule has 0 bridgehead atoms. The lowest BCUT2D eigenvalue weighted by molar-refractivity contribution is -0.139. The van der Waals surface area contributed by atoms with Crippen LogP contribution >= 0.6 is 22.9 Å². The summed E-state index contributed by atoms with van der Waals surface area (Å²) in [7, 11) is 0. The number of halogens is 1. The molecule has 2 saturated carbocycles. The number of anilines is 1. The number of hydrogen-bond donors (Lipinski definition) is 2. The van der Waals surface area contributed by atoms with Crippen molar-refractivity contribution in [1.82, 2.24) is 9.88 Å². The van der Waals surface area contributed by atoms with Gasteiger partial charge >= 0.3 is 5.97 Å². The number of nitrogens with zero attached hydrogens (tertiary/aromatic N) is 2. The van der Waals surface area contributed by atoms with Gasteiger partial charge in [-0.2, -0.15) is 0 Å². The normalized spacial score (nSPS) is 22.2. The molecule has 1 aromatic carbocycles. The SMILES string of the molecule is O=C(O)CN(CC1CC1)C1CC(Nc2nc(-c3ccccc3Cl)cs2)C1. The van der Waals surface area contributed by atoms with E-state index in [2.05, 4.69) is 15.2 Å². The van der Waals surface area contributed by atoms with E-state index in [9.17, 15) is 4.79 Å². The second kappa shape index (κ2) is 7.55. The number of hydrogen-bond acceptors (Lipinski definition) is 5. The smallest absolute Gasteiger partial charge is 0.317 e. The van der Waals surface area contributed by atoms with Crippen molar-refractivity contribution in [2.24, 2.45) is 5.92 Å². The molecule has 2 fully saturated rings. The van der Waals surface area contributed by atoms with Gasteiger partial charge in [0.2, 0.25) is 0 Å². The van der Waals surface area contributed by atoms with E-state index in [0.29, 0.717) is 23.0 Å². The number of thiazole rings is 1. The average molecular weight is 392 g/mol. The molecule has 2 aromatic rings. The van der Waals surface area contributed by atoms with Gasteiger partial charge < -0.3 is 10.4 Å². The second-order valence-electron chi connectivity index (χ2n) is 7.25. The summed E-state index contributed by atoms with van der Waals surface area (Å²) in [6.45, 7) is 1.08. The van der Waals surface area contributed by atoms with E-state index < -0.39 is 5.97 Å². The van der Waals surface area contributed by atoms with Gasteiger partial charge in [-0.15, -0.1) is 11.3 Å². The number of carbonyl (C=O) groups is 1. The zero-order valence-electron chi connectivity index (χ0n) is 14.4. The van der Waals surface area contributed by atoms with Crippen molar-refractivity contribution < 1.29 is 9.90 Å². The van der Waals surface area contributed by atoms with Gasteiger partial charge in [0.05, 0.1) is 12.2 Å². The molecule has 2 N–H and O–H groups in total. The first-order valence-corrected chi connectivity index (χ1v) is 10.3. The third kappa shape index (κ3) is 4.19. The Labute approximate surface area is 162 Å². The highest BCUT2D eigenvalue weighted by atomic mass is 35.5. The summed E-state index contributed by atoms with van der Waals surface area (Å²) in [5, 5.41) is 16.3. The monoisotopic (exact) mass is 391 g/mol. The van der Waals surface area contributed by atoms with Crippen LogP contribution in [0.2, 0.25) is 5.02 Å². The van der Waals surface area contributed by atoms with Crippen LogP contribution in [-0.2, 0) is 4.79 Å². The molecule has 0 unspecified atom stereocenters. The first-order valence-electron chi connectivity index (χ1n) is 9.01.